The molecule has 0 atom stereocenters. The standard InChI is InChI=1S/C15H17N3O/c1-10(2)18-11(3)17-13-8-12(4-5-14(13)18)15(6-7-15)16-9-19/h4-5,8,10H,6-7H2,1-3H3. The number of hydrogen-bond acceptors (Lipinski definition) is 3. The van der Waals surface area contributed by atoms with Crippen LogP contribution in [0.2, 0.25) is 0 Å². The van der Waals surface area contributed by atoms with Crippen LogP contribution in [0.25, 0.3) is 11.0 Å². The van der Waals surface area contributed by atoms with Crippen LogP contribution in [-0.4, -0.2) is 15.6 Å². The Hall–Kier alpha value is -1.93. The van der Waals surface area contributed by atoms with E-state index < -0.39 is 0 Å². The maximum atomic E-state index is 10.5. The van der Waals surface area contributed by atoms with Crippen LogP contribution in [0.3, 0.4) is 0 Å². The molecule has 4 nitrogen and oxygen atoms in total. The van der Waals surface area contributed by atoms with Crippen LogP contribution in [0.4, 0.5) is 0 Å². The second-order valence-electron chi connectivity index (χ2n) is 5.56. The molecule has 0 unspecified atom stereocenters. The molecular formula is C15H17N3O. The van der Waals surface area contributed by atoms with Gasteiger partial charge in [-0.2, -0.15) is 4.99 Å². The topological polar surface area (TPSA) is 47.2 Å². The zero-order valence-electron chi connectivity index (χ0n) is 11.5. The Bertz CT molecular complexity index is 689. The van der Waals surface area contributed by atoms with Crippen LogP contribution < -0.4 is 0 Å². The Morgan fingerprint density at radius 2 is 2.16 bits per heavy atom. The largest absolute Gasteiger partial charge is 0.326 e. The molecule has 1 aromatic carbocycles. The third-order valence-electron chi connectivity index (χ3n) is 3.90. The van der Waals surface area contributed by atoms with Gasteiger partial charge < -0.3 is 4.57 Å². The molecule has 19 heavy (non-hydrogen) atoms. The van der Waals surface area contributed by atoms with Crippen molar-refractivity contribution in [3.05, 3.63) is 29.6 Å². The van der Waals surface area contributed by atoms with Gasteiger partial charge in [-0.05, 0) is 51.3 Å². The van der Waals surface area contributed by atoms with Crippen molar-refractivity contribution in [3.63, 3.8) is 0 Å². The Morgan fingerprint density at radius 1 is 1.42 bits per heavy atom. The van der Waals surface area contributed by atoms with E-state index in [1.54, 1.807) is 6.08 Å². The number of aromatic nitrogens is 2. The van der Waals surface area contributed by atoms with Crippen molar-refractivity contribution in [1.29, 1.82) is 0 Å². The predicted octanol–water partition coefficient (Wildman–Crippen LogP) is 3.25. The third-order valence-corrected chi connectivity index (χ3v) is 3.90. The number of carbonyl (C=O) groups excluding carboxylic acids is 1. The van der Waals surface area contributed by atoms with Crippen molar-refractivity contribution in [2.45, 2.75) is 45.2 Å². The number of hydrogen-bond donors (Lipinski definition) is 0. The van der Waals surface area contributed by atoms with E-state index in [2.05, 4.69) is 46.6 Å². The fourth-order valence-electron chi connectivity index (χ4n) is 2.83. The van der Waals surface area contributed by atoms with Crippen molar-refractivity contribution in [3.8, 4) is 0 Å². The molecule has 0 spiro atoms. The lowest BCUT2D eigenvalue weighted by atomic mass is 10.0. The maximum Gasteiger partial charge on any atom is 0.235 e. The van der Waals surface area contributed by atoms with E-state index in [1.165, 1.54) is 0 Å². The van der Waals surface area contributed by atoms with Gasteiger partial charge in [-0.25, -0.2) is 9.78 Å². The zero-order valence-corrected chi connectivity index (χ0v) is 11.5. The first kappa shape index (κ1) is 12.1. The molecule has 0 amide bonds. The molecule has 1 saturated carbocycles. The number of fused-ring (bicyclic) bond motifs is 1. The monoisotopic (exact) mass is 255 g/mol. The molecule has 0 N–H and O–H groups in total. The highest BCUT2D eigenvalue weighted by Crippen LogP contribution is 2.49. The number of imidazole rings is 1. The van der Waals surface area contributed by atoms with Crippen LogP contribution in [0.15, 0.2) is 23.2 Å². The molecule has 1 aromatic heterocycles. The Labute approximate surface area is 112 Å². The quantitative estimate of drug-likeness (QED) is 0.624. The molecule has 0 bridgehead atoms. The number of benzene rings is 1. The summed E-state index contributed by atoms with van der Waals surface area (Å²) in [6, 6.07) is 6.61. The van der Waals surface area contributed by atoms with E-state index in [1.807, 2.05) is 6.92 Å². The minimum absolute atomic E-state index is 0.314. The first-order valence-corrected chi connectivity index (χ1v) is 6.65. The van der Waals surface area contributed by atoms with Crippen LogP contribution in [0, 0.1) is 6.92 Å². The third kappa shape index (κ3) is 1.80. The minimum Gasteiger partial charge on any atom is -0.326 e. The summed E-state index contributed by atoms with van der Waals surface area (Å²) in [7, 11) is 0. The van der Waals surface area contributed by atoms with E-state index in [0.29, 0.717) is 6.04 Å². The van der Waals surface area contributed by atoms with E-state index in [9.17, 15) is 4.79 Å². The molecule has 1 aliphatic rings. The van der Waals surface area contributed by atoms with Gasteiger partial charge in [0.15, 0.2) is 0 Å². The van der Waals surface area contributed by atoms with Crippen molar-refractivity contribution >= 4 is 17.1 Å². The first-order valence-electron chi connectivity index (χ1n) is 6.65. The van der Waals surface area contributed by atoms with Gasteiger partial charge in [-0.1, -0.05) is 6.07 Å². The average molecular weight is 255 g/mol. The van der Waals surface area contributed by atoms with E-state index in [4.69, 9.17) is 0 Å². The van der Waals surface area contributed by atoms with Gasteiger partial charge in [-0.15, -0.1) is 0 Å². The number of rotatable bonds is 3. The molecular weight excluding hydrogens is 238 g/mol. The molecule has 3 rings (SSSR count). The molecule has 4 heteroatoms. The molecule has 0 saturated heterocycles. The Morgan fingerprint density at radius 3 is 2.74 bits per heavy atom. The van der Waals surface area contributed by atoms with Crippen molar-refractivity contribution in [2.75, 3.05) is 0 Å². The lowest BCUT2D eigenvalue weighted by Gasteiger charge is -2.12. The number of aryl methyl sites for hydroxylation is 1. The van der Waals surface area contributed by atoms with E-state index in [0.717, 1.165) is 35.3 Å². The number of aliphatic imine (C=N–C) groups is 1. The smallest absolute Gasteiger partial charge is 0.235 e. The summed E-state index contributed by atoms with van der Waals surface area (Å²) < 4.78 is 2.22. The molecule has 1 heterocycles. The minimum atomic E-state index is -0.314. The lowest BCUT2D eigenvalue weighted by Crippen LogP contribution is -2.04. The molecule has 98 valence electrons. The Balaban J connectivity index is 2.16. The van der Waals surface area contributed by atoms with E-state index >= 15 is 0 Å². The average Bonchev–Trinajstić information content (AvgIpc) is 3.04. The summed E-state index contributed by atoms with van der Waals surface area (Å²) in [5, 5.41) is 0. The van der Waals surface area contributed by atoms with Gasteiger partial charge in [0, 0.05) is 6.04 Å². The summed E-state index contributed by atoms with van der Waals surface area (Å²) in [6.07, 6.45) is 3.56. The molecule has 1 aliphatic carbocycles. The Kier molecular flexibility index (Phi) is 2.58. The fourth-order valence-corrected chi connectivity index (χ4v) is 2.83. The van der Waals surface area contributed by atoms with Crippen LogP contribution in [0.5, 0.6) is 0 Å². The van der Waals surface area contributed by atoms with Crippen molar-refractivity contribution < 1.29 is 4.79 Å². The summed E-state index contributed by atoms with van der Waals surface area (Å²) in [5.74, 6) is 1.02. The van der Waals surface area contributed by atoms with Crippen LogP contribution in [-0.2, 0) is 10.3 Å². The highest BCUT2D eigenvalue weighted by molar-refractivity contribution is 5.77. The summed E-state index contributed by atoms with van der Waals surface area (Å²) in [4.78, 5) is 19.1. The summed E-state index contributed by atoms with van der Waals surface area (Å²) in [6.45, 7) is 6.33. The van der Waals surface area contributed by atoms with Gasteiger partial charge >= 0.3 is 0 Å². The van der Waals surface area contributed by atoms with Crippen LogP contribution >= 0.6 is 0 Å². The first-order chi connectivity index (χ1) is 9.07. The number of nitrogens with zero attached hydrogens (tertiary/aromatic N) is 3. The normalized spacial score (nSPS) is 16.6. The lowest BCUT2D eigenvalue weighted by molar-refractivity contribution is 0.556. The molecule has 0 aliphatic heterocycles. The second-order valence-corrected chi connectivity index (χ2v) is 5.56. The van der Waals surface area contributed by atoms with Gasteiger partial charge in [-0.3, -0.25) is 0 Å². The molecule has 1 fully saturated rings. The van der Waals surface area contributed by atoms with Crippen LogP contribution in [0.1, 0.15) is 44.1 Å². The van der Waals surface area contributed by atoms with Gasteiger partial charge in [0.2, 0.25) is 6.08 Å². The second kappa shape index (κ2) is 4.04. The highest BCUT2D eigenvalue weighted by atomic mass is 16.1. The van der Waals surface area contributed by atoms with Crippen molar-refractivity contribution in [1.82, 2.24) is 9.55 Å². The zero-order chi connectivity index (χ0) is 13.6. The summed E-state index contributed by atoms with van der Waals surface area (Å²) in [5.41, 5.74) is 2.89. The molecule has 2 aromatic rings. The summed E-state index contributed by atoms with van der Waals surface area (Å²) >= 11 is 0. The fraction of sp³-hybridized carbons (Fsp3) is 0.467. The van der Waals surface area contributed by atoms with Gasteiger partial charge in [0.05, 0.1) is 16.6 Å². The predicted molar refractivity (Wildman–Crippen MR) is 73.9 cm³/mol. The SMILES string of the molecule is Cc1nc2cc(C3(N=C=O)CC3)ccc2n1C(C)C. The van der Waals surface area contributed by atoms with Gasteiger partial charge in [0.25, 0.3) is 0 Å². The maximum absolute atomic E-state index is 10.5. The molecule has 0 radical (unpaired) electrons. The van der Waals surface area contributed by atoms with E-state index in [-0.39, 0.29) is 5.54 Å². The highest BCUT2D eigenvalue weighted by Gasteiger charge is 2.45. The number of isocyanates is 1. The van der Waals surface area contributed by atoms with Crippen molar-refractivity contribution in [2.24, 2.45) is 4.99 Å². The van der Waals surface area contributed by atoms with Gasteiger partial charge in [0.1, 0.15) is 5.82 Å².